The molecule has 1 heterocycles. The van der Waals surface area contributed by atoms with Crippen LogP contribution in [0.2, 0.25) is 0 Å². The maximum Gasteiger partial charge on any atom is 0.211 e. The molecule has 0 atom stereocenters. The van der Waals surface area contributed by atoms with Crippen molar-refractivity contribution < 1.29 is 0 Å². The van der Waals surface area contributed by atoms with Crippen LogP contribution < -0.4 is 5.32 Å². The Morgan fingerprint density at radius 1 is 1.00 bits per heavy atom. The second-order valence-corrected chi connectivity index (χ2v) is 5.03. The molecular weight excluding hydrogens is 258 g/mol. The first-order valence-electron chi connectivity index (χ1n) is 7.31. The molecule has 0 bridgehead atoms. The van der Waals surface area contributed by atoms with Crippen molar-refractivity contribution >= 4 is 11.6 Å². The predicted octanol–water partition coefficient (Wildman–Crippen LogP) is 4.57. The Hall–Kier alpha value is -2.55. The van der Waals surface area contributed by atoms with Crippen molar-refractivity contribution in [3.63, 3.8) is 0 Å². The van der Waals surface area contributed by atoms with Gasteiger partial charge in [0.15, 0.2) is 0 Å². The molecule has 0 fully saturated rings. The molecule has 2 aromatic carbocycles. The van der Waals surface area contributed by atoms with Gasteiger partial charge in [-0.3, -0.25) is 4.57 Å². The fourth-order valence-corrected chi connectivity index (χ4v) is 2.37. The van der Waals surface area contributed by atoms with Crippen LogP contribution in [0.4, 0.5) is 11.6 Å². The third-order valence-corrected chi connectivity index (χ3v) is 3.42. The van der Waals surface area contributed by atoms with E-state index in [4.69, 9.17) is 0 Å². The summed E-state index contributed by atoms with van der Waals surface area (Å²) in [5, 5.41) is 3.34. The quantitative estimate of drug-likeness (QED) is 0.740. The molecular formula is C18H19N3. The molecule has 1 aromatic heterocycles. The zero-order valence-electron chi connectivity index (χ0n) is 12.2. The molecule has 3 nitrogen and oxygen atoms in total. The smallest absolute Gasteiger partial charge is 0.211 e. The van der Waals surface area contributed by atoms with E-state index in [9.17, 15) is 0 Å². The van der Waals surface area contributed by atoms with E-state index in [1.165, 1.54) is 12.0 Å². The highest BCUT2D eigenvalue weighted by Crippen LogP contribution is 2.19. The summed E-state index contributed by atoms with van der Waals surface area (Å²) in [7, 11) is 0. The lowest BCUT2D eigenvalue weighted by atomic mass is 10.1. The van der Waals surface area contributed by atoms with Gasteiger partial charge in [-0.1, -0.05) is 43.7 Å². The molecule has 0 saturated heterocycles. The van der Waals surface area contributed by atoms with Crippen LogP contribution in [0, 0.1) is 0 Å². The molecule has 21 heavy (non-hydrogen) atoms. The van der Waals surface area contributed by atoms with Gasteiger partial charge in [0.2, 0.25) is 5.95 Å². The van der Waals surface area contributed by atoms with Crippen LogP contribution in [0.5, 0.6) is 0 Å². The van der Waals surface area contributed by atoms with E-state index in [-0.39, 0.29) is 0 Å². The maximum absolute atomic E-state index is 4.40. The van der Waals surface area contributed by atoms with Crippen LogP contribution >= 0.6 is 0 Å². The van der Waals surface area contributed by atoms with Crippen molar-refractivity contribution in [2.24, 2.45) is 0 Å². The summed E-state index contributed by atoms with van der Waals surface area (Å²) in [6, 6.07) is 18.7. The molecule has 0 amide bonds. The lowest BCUT2D eigenvalue weighted by molar-refractivity contribution is 0.920. The predicted molar refractivity (Wildman–Crippen MR) is 87.3 cm³/mol. The van der Waals surface area contributed by atoms with Gasteiger partial charge in [-0.05, 0) is 36.2 Å². The molecule has 0 aliphatic heterocycles. The average Bonchev–Trinajstić information content (AvgIpc) is 2.98. The molecule has 0 spiro atoms. The first-order valence-corrected chi connectivity index (χ1v) is 7.31. The number of anilines is 2. The van der Waals surface area contributed by atoms with Gasteiger partial charge < -0.3 is 5.32 Å². The monoisotopic (exact) mass is 277 g/mol. The summed E-state index contributed by atoms with van der Waals surface area (Å²) in [5.74, 6) is 0.824. The van der Waals surface area contributed by atoms with Gasteiger partial charge in [-0.2, -0.15) is 0 Å². The fraction of sp³-hybridized carbons (Fsp3) is 0.167. The molecule has 3 aromatic rings. The van der Waals surface area contributed by atoms with Crippen LogP contribution in [0.15, 0.2) is 67.0 Å². The van der Waals surface area contributed by atoms with Crippen molar-refractivity contribution in [3.05, 3.63) is 72.6 Å². The largest absolute Gasteiger partial charge is 0.325 e. The SMILES string of the molecule is CCCc1ccc(-n2ccnc2Nc2ccccc2)cc1. The number of benzene rings is 2. The van der Waals surface area contributed by atoms with Crippen LogP contribution in [0.25, 0.3) is 5.69 Å². The Bertz CT molecular complexity index is 684. The third kappa shape index (κ3) is 3.14. The maximum atomic E-state index is 4.40. The van der Waals surface area contributed by atoms with E-state index < -0.39 is 0 Å². The van der Waals surface area contributed by atoms with E-state index in [0.717, 1.165) is 23.7 Å². The molecule has 1 N–H and O–H groups in total. The van der Waals surface area contributed by atoms with E-state index in [2.05, 4.69) is 46.1 Å². The topological polar surface area (TPSA) is 29.9 Å². The Labute approximate surface area is 125 Å². The Kier molecular flexibility index (Phi) is 4.01. The molecule has 0 aliphatic carbocycles. The van der Waals surface area contributed by atoms with Gasteiger partial charge in [0.05, 0.1) is 0 Å². The summed E-state index contributed by atoms with van der Waals surface area (Å²) in [6.45, 7) is 2.20. The molecule has 0 aliphatic rings. The fourth-order valence-electron chi connectivity index (χ4n) is 2.37. The minimum Gasteiger partial charge on any atom is -0.325 e. The molecule has 3 rings (SSSR count). The lowest BCUT2D eigenvalue weighted by Crippen LogP contribution is -2.01. The van der Waals surface area contributed by atoms with Gasteiger partial charge in [-0.15, -0.1) is 0 Å². The second kappa shape index (κ2) is 6.27. The number of nitrogens with one attached hydrogen (secondary N) is 1. The summed E-state index contributed by atoms with van der Waals surface area (Å²) in [4.78, 5) is 4.40. The van der Waals surface area contributed by atoms with Crippen molar-refractivity contribution in [2.45, 2.75) is 19.8 Å². The molecule has 0 unspecified atom stereocenters. The zero-order chi connectivity index (χ0) is 14.5. The highest BCUT2D eigenvalue weighted by molar-refractivity contribution is 5.55. The van der Waals surface area contributed by atoms with E-state index >= 15 is 0 Å². The second-order valence-electron chi connectivity index (χ2n) is 5.03. The highest BCUT2D eigenvalue weighted by Gasteiger charge is 2.05. The summed E-state index contributed by atoms with van der Waals surface area (Å²) in [6.07, 6.45) is 6.08. The van der Waals surface area contributed by atoms with Crippen molar-refractivity contribution in [1.29, 1.82) is 0 Å². The van der Waals surface area contributed by atoms with Gasteiger partial charge in [0.25, 0.3) is 0 Å². The lowest BCUT2D eigenvalue weighted by Gasteiger charge is -2.10. The van der Waals surface area contributed by atoms with E-state index in [0.29, 0.717) is 0 Å². The van der Waals surface area contributed by atoms with Crippen LogP contribution in [0.3, 0.4) is 0 Å². The molecule has 0 saturated carbocycles. The zero-order valence-corrected chi connectivity index (χ0v) is 12.2. The van der Waals surface area contributed by atoms with Gasteiger partial charge in [-0.25, -0.2) is 4.98 Å². The van der Waals surface area contributed by atoms with Crippen molar-refractivity contribution in [3.8, 4) is 5.69 Å². The third-order valence-electron chi connectivity index (χ3n) is 3.42. The van der Waals surface area contributed by atoms with E-state index in [1.54, 1.807) is 0 Å². The number of para-hydroxylation sites is 1. The normalized spacial score (nSPS) is 10.5. The Morgan fingerprint density at radius 3 is 2.48 bits per heavy atom. The first kappa shape index (κ1) is 13.4. The molecule has 0 radical (unpaired) electrons. The Balaban J connectivity index is 1.84. The summed E-state index contributed by atoms with van der Waals surface area (Å²) in [5.41, 5.74) is 3.53. The van der Waals surface area contributed by atoms with Gasteiger partial charge in [0, 0.05) is 23.8 Å². The van der Waals surface area contributed by atoms with Gasteiger partial charge >= 0.3 is 0 Å². The number of aromatic nitrogens is 2. The number of imidazole rings is 1. The van der Waals surface area contributed by atoms with E-state index in [1.807, 2.05) is 42.7 Å². The van der Waals surface area contributed by atoms with Crippen LogP contribution in [0.1, 0.15) is 18.9 Å². The standard InChI is InChI=1S/C18H19N3/c1-2-6-15-9-11-17(12-10-15)21-14-13-19-18(21)20-16-7-4-3-5-8-16/h3-5,7-14H,2,6H2,1H3,(H,19,20). The van der Waals surface area contributed by atoms with Gasteiger partial charge in [0.1, 0.15) is 0 Å². The highest BCUT2D eigenvalue weighted by atomic mass is 15.2. The van der Waals surface area contributed by atoms with Crippen LogP contribution in [-0.2, 0) is 6.42 Å². The minimum absolute atomic E-state index is 0.824. The first-order chi connectivity index (χ1) is 10.4. The number of aryl methyl sites for hydroxylation is 1. The number of rotatable bonds is 5. The molecule has 106 valence electrons. The van der Waals surface area contributed by atoms with Crippen molar-refractivity contribution in [1.82, 2.24) is 9.55 Å². The van der Waals surface area contributed by atoms with Crippen molar-refractivity contribution in [2.75, 3.05) is 5.32 Å². The number of hydrogen-bond donors (Lipinski definition) is 1. The summed E-state index contributed by atoms with van der Waals surface area (Å²) >= 11 is 0. The number of hydrogen-bond acceptors (Lipinski definition) is 2. The molecule has 3 heteroatoms. The summed E-state index contributed by atoms with van der Waals surface area (Å²) < 4.78 is 2.06. The minimum atomic E-state index is 0.824. The Morgan fingerprint density at radius 2 is 1.76 bits per heavy atom. The average molecular weight is 277 g/mol. The number of nitrogens with zero attached hydrogens (tertiary/aromatic N) is 2. The van der Waals surface area contributed by atoms with Crippen LogP contribution in [-0.4, -0.2) is 9.55 Å².